The van der Waals surface area contributed by atoms with Gasteiger partial charge in [-0.15, -0.1) is 0 Å². The zero-order valence-electron chi connectivity index (χ0n) is 12.8. The van der Waals surface area contributed by atoms with Crippen molar-refractivity contribution in [3.8, 4) is 6.07 Å². The van der Waals surface area contributed by atoms with Crippen molar-refractivity contribution in [2.75, 3.05) is 25.0 Å². The monoisotopic (exact) mass is 271 g/mol. The summed E-state index contributed by atoms with van der Waals surface area (Å²) in [6.07, 6.45) is 2.37. The average molecular weight is 271 g/mol. The van der Waals surface area contributed by atoms with E-state index in [0.717, 1.165) is 17.2 Å². The quantitative estimate of drug-likeness (QED) is 0.912. The smallest absolute Gasteiger partial charge is 0.0992 e. The van der Waals surface area contributed by atoms with Crippen LogP contribution in [0.25, 0.3) is 0 Å². The normalized spacial score (nSPS) is 17.1. The number of piperidine rings is 1. The number of likely N-dealkylation sites (tertiary alicyclic amines) is 1. The fourth-order valence-electron chi connectivity index (χ4n) is 2.84. The number of nitriles is 1. The summed E-state index contributed by atoms with van der Waals surface area (Å²) in [7, 11) is 0. The van der Waals surface area contributed by atoms with Gasteiger partial charge in [0, 0.05) is 31.4 Å². The highest BCUT2D eigenvalue weighted by molar-refractivity contribution is 5.55. The van der Waals surface area contributed by atoms with E-state index in [4.69, 9.17) is 5.26 Å². The first kappa shape index (κ1) is 14.9. The van der Waals surface area contributed by atoms with Crippen molar-refractivity contribution in [2.45, 2.75) is 39.7 Å². The molecule has 1 heterocycles. The van der Waals surface area contributed by atoms with E-state index in [0.29, 0.717) is 6.04 Å². The topological polar surface area (TPSA) is 39.1 Å². The molecular weight excluding hydrogens is 246 g/mol. The van der Waals surface area contributed by atoms with Crippen molar-refractivity contribution in [2.24, 2.45) is 5.92 Å². The Kier molecular flexibility index (Phi) is 5.03. The molecule has 3 nitrogen and oxygen atoms in total. The average Bonchev–Trinajstić information content (AvgIpc) is 2.43. The highest BCUT2D eigenvalue weighted by Gasteiger charge is 2.19. The van der Waals surface area contributed by atoms with Gasteiger partial charge in [-0.25, -0.2) is 0 Å². The van der Waals surface area contributed by atoms with Gasteiger partial charge >= 0.3 is 0 Å². The van der Waals surface area contributed by atoms with Gasteiger partial charge in [0.05, 0.1) is 11.6 Å². The fraction of sp³-hybridized carbons (Fsp3) is 0.588. The predicted molar refractivity (Wildman–Crippen MR) is 83.8 cm³/mol. The van der Waals surface area contributed by atoms with Gasteiger partial charge in [-0.1, -0.05) is 19.9 Å². The van der Waals surface area contributed by atoms with Crippen molar-refractivity contribution < 1.29 is 0 Å². The van der Waals surface area contributed by atoms with Gasteiger partial charge in [-0.05, 0) is 43.4 Å². The molecule has 2 rings (SSSR count). The van der Waals surface area contributed by atoms with Gasteiger partial charge in [0.1, 0.15) is 0 Å². The van der Waals surface area contributed by atoms with E-state index in [1.807, 2.05) is 18.2 Å². The molecule has 108 valence electrons. The third-order valence-corrected chi connectivity index (χ3v) is 3.94. The number of nitrogens with zero attached hydrogens (tertiary/aromatic N) is 2. The number of hydrogen-bond acceptors (Lipinski definition) is 3. The lowest BCUT2D eigenvalue weighted by atomic mass is 10.0. The Morgan fingerprint density at radius 1 is 1.35 bits per heavy atom. The van der Waals surface area contributed by atoms with E-state index < -0.39 is 0 Å². The van der Waals surface area contributed by atoms with Crippen molar-refractivity contribution in [1.29, 1.82) is 5.26 Å². The highest BCUT2D eigenvalue weighted by atomic mass is 15.1. The molecule has 1 aliphatic rings. The summed E-state index contributed by atoms with van der Waals surface area (Å²) < 4.78 is 0. The zero-order chi connectivity index (χ0) is 14.5. The molecule has 0 atom stereocenters. The summed E-state index contributed by atoms with van der Waals surface area (Å²) in [6, 6.07) is 8.62. The molecule has 0 aliphatic carbocycles. The van der Waals surface area contributed by atoms with E-state index in [-0.39, 0.29) is 0 Å². The Morgan fingerprint density at radius 3 is 2.65 bits per heavy atom. The molecule has 0 radical (unpaired) electrons. The molecule has 1 aliphatic heterocycles. The van der Waals surface area contributed by atoms with Crippen LogP contribution in [-0.4, -0.2) is 30.6 Å². The number of rotatable bonds is 4. The molecule has 0 aromatic heterocycles. The Hall–Kier alpha value is -1.53. The molecule has 1 fully saturated rings. The second-order valence-electron chi connectivity index (χ2n) is 6.25. The molecule has 1 aromatic rings. The van der Waals surface area contributed by atoms with E-state index in [9.17, 15) is 0 Å². The van der Waals surface area contributed by atoms with Gasteiger partial charge in [0.25, 0.3) is 0 Å². The third-order valence-electron chi connectivity index (χ3n) is 3.94. The SMILES string of the molecule is Cc1ccc(C#N)cc1NC1CCN(CC(C)C)CC1. The van der Waals surface area contributed by atoms with Crippen LogP contribution in [-0.2, 0) is 0 Å². The third kappa shape index (κ3) is 3.98. The Balaban J connectivity index is 1.91. The summed E-state index contributed by atoms with van der Waals surface area (Å²) in [5.74, 6) is 0.745. The minimum atomic E-state index is 0.533. The molecule has 0 amide bonds. The second kappa shape index (κ2) is 6.76. The molecule has 3 heteroatoms. The maximum absolute atomic E-state index is 8.99. The Labute approximate surface area is 122 Å². The van der Waals surface area contributed by atoms with E-state index in [1.165, 1.54) is 38.0 Å². The predicted octanol–water partition coefficient (Wildman–Crippen LogP) is 3.40. The number of benzene rings is 1. The molecular formula is C17H25N3. The summed E-state index contributed by atoms with van der Waals surface area (Å²) >= 11 is 0. The van der Waals surface area contributed by atoms with Gasteiger partial charge in [-0.3, -0.25) is 0 Å². The van der Waals surface area contributed by atoms with Crippen LogP contribution in [0.15, 0.2) is 18.2 Å². The van der Waals surface area contributed by atoms with Crippen LogP contribution in [0.2, 0.25) is 0 Å². The lowest BCUT2D eigenvalue weighted by Crippen LogP contribution is -2.40. The van der Waals surface area contributed by atoms with Gasteiger partial charge in [-0.2, -0.15) is 5.26 Å². The number of nitrogens with one attached hydrogen (secondary N) is 1. The molecule has 0 bridgehead atoms. The lowest BCUT2D eigenvalue weighted by molar-refractivity contribution is 0.198. The number of aryl methyl sites for hydroxylation is 1. The van der Waals surface area contributed by atoms with Crippen LogP contribution < -0.4 is 5.32 Å². The van der Waals surface area contributed by atoms with Crippen molar-refractivity contribution >= 4 is 5.69 Å². The largest absolute Gasteiger partial charge is 0.382 e. The Bertz CT molecular complexity index is 479. The van der Waals surface area contributed by atoms with Crippen molar-refractivity contribution in [1.82, 2.24) is 4.90 Å². The molecule has 1 saturated heterocycles. The maximum Gasteiger partial charge on any atom is 0.0992 e. The van der Waals surface area contributed by atoms with Gasteiger partial charge in [0.15, 0.2) is 0 Å². The first-order chi connectivity index (χ1) is 9.58. The summed E-state index contributed by atoms with van der Waals surface area (Å²) in [5.41, 5.74) is 3.07. The standard InChI is InChI=1S/C17H25N3/c1-13(2)12-20-8-6-16(7-9-20)19-17-10-15(11-18)5-4-14(17)3/h4-5,10,13,16,19H,6-9,12H2,1-3H3. The highest BCUT2D eigenvalue weighted by Crippen LogP contribution is 2.21. The molecule has 0 spiro atoms. The van der Waals surface area contributed by atoms with Gasteiger partial charge < -0.3 is 10.2 Å². The fourth-order valence-corrected chi connectivity index (χ4v) is 2.84. The first-order valence-electron chi connectivity index (χ1n) is 7.58. The van der Waals surface area contributed by atoms with Gasteiger partial charge in [0.2, 0.25) is 0 Å². The van der Waals surface area contributed by atoms with Crippen molar-refractivity contribution in [3.63, 3.8) is 0 Å². The van der Waals surface area contributed by atoms with E-state index >= 15 is 0 Å². The molecule has 0 saturated carbocycles. The molecule has 20 heavy (non-hydrogen) atoms. The van der Waals surface area contributed by atoms with Crippen LogP contribution in [0.1, 0.15) is 37.8 Å². The van der Waals surface area contributed by atoms with Crippen LogP contribution in [0.3, 0.4) is 0 Å². The summed E-state index contributed by atoms with van der Waals surface area (Å²) in [4.78, 5) is 2.56. The van der Waals surface area contributed by atoms with E-state index in [2.05, 4.69) is 37.1 Å². The van der Waals surface area contributed by atoms with Crippen LogP contribution >= 0.6 is 0 Å². The zero-order valence-corrected chi connectivity index (χ0v) is 12.8. The summed E-state index contributed by atoms with van der Waals surface area (Å²) in [6.45, 7) is 10.2. The number of hydrogen-bond donors (Lipinski definition) is 1. The molecule has 0 unspecified atom stereocenters. The lowest BCUT2D eigenvalue weighted by Gasteiger charge is -2.34. The van der Waals surface area contributed by atoms with Crippen molar-refractivity contribution in [3.05, 3.63) is 29.3 Å². The van der Waals surface area contributed by atoms with Crippen LogP contribution in [0.5, 0.6) is 0 Å². The maximum atomic E-state index is 8.99. The molecule has 1 N–H and O–H groups in total. The molecule has 1 aromatic carbocycles. The minimum absolute atomic E-state index is 0.533. The van der Waals surface area contributed by atoms with E-state index in [1.54, 1.807) is 0 Å². The Morgan fingerprint density at radius 2 is 2.05 bits per heavy atom. The second-order valence-corrected chi connectivity index (χ2v) is 6.25. The minimum Gasteiger partial charge on any atom is -0.382 e. The van der Waals surface area contributed by atoms with Crippen LogP contribution in [0, 0.1) is 24.2 Å². The van der Waals surface area contributed by atoms with Crippen LogP contribution in [0.4, 0.5) is 5.69 Å². The number of anilines is 1. The summed E-state index contributed by atoms with van der Waals surface area (Å²) in [5, 5.41) is 12.6. The first-order valence-corrected chi connectivity index (χ1v) is 7.58.